The number of carbonyl (C=O) groups excluding carboxylic acids is 1. The Morgan fingerprint density at radius 2 is 2.17 bits per heavy atom. The van der Waals surface area contributed by atoms with Gasteiger partial charge in [-0.2, -0.15) is 0 Å². The molecule has 0 N–H and O–H groups in total. The maximum atomic E-state index is 11.1. The standard InChI is InChI=1S/C16H20N2O4S/c1-11(2)15-17-18-16(22-15)23-9-5-8-21-14-12(10-19)6-4-7-13(14)20-3/h4,6-7,10-11H,5,8-9H2,1-3H3. The number of carbonyl (C=O) groups is 1. The van der Waals surface area contributed by atoms with Gasteiger partial charge in [0.1, 0.15) is 0 Å². The Morgan fingerprint density at radius 3 is 2.83 bits per heavy atom. The van der Waals surface area contributed by atoms with E-state index in [9.17, 15) is 4.79 Å². The van der Waals surface area contributed by atoms with Gasteiger partial charge in [0, 0.05) is 11.7 Å². The molecular weight excluding hydrogens is 316 g/mol. The van der Waals surface area contributed by atoms with Crippen molar-refractivity contribution in [3.63, 3.8) is 0 Å². The van der Waals surface area contributed by atoms with Gasteiger partial charge in [0.15, 0.2) is 17.8 Å². The van der Waals surface area contributed by atoms with E-state index in [2.05, 4.69) is 10.2 Å². The summed E-state index contributed by atoms with van der Waals surface area (Å²) in [5.41, 5.74) is 0.482. The van der Waals surface area contributed by atoms with Gasteiger partial charge in [0.2, 0.25) is 5.89 Å². The molecule has 6 nitrogen and oxygen atoms in total. The Labute approximate surface area is 139 Å². The summed E-state index contributed by atoms with van der Waals surface area (Å²) in [7, 11) is 1.55. The first-order chi connectivity index (χ1) is 11.2. The lowest BCUT2D eigenvalue weighted by molar-refractivity contribution is 0.111. The van der Waals surface area contributed by atoms with Crippen molar-refractivity contribution >= 4 is 18.0 Å². The van der Waals surface area contributed by atoms with Crippen molar-refractivity contribution in [3.8, 4) is 11.5 Å². The van der Waals surface area contributed by atoms with E-state index in [1.807, 2.05) is 13.8 Å². The lowest BCUT2D eigenvalue weighted by Gasteiger charge is -2.12. The van der Waals surface area contributed by atoms with E-state index >= 15 is 0 Å². The molecule has 1 aromatic heterocycles. The van der Waals surface area contributed by atoms with Crippen LogP contribution in [0.2, 0.25) is 0 Å². The second-order valence-corrected chi connectivity index (χ2v) is 6.15. The van der Waals surface area contributed by atoms with Gasteiger partial charge in [-0.3, -0.25) is 4.79 Å². The summed E-state index contributed by atoms with van der Waals surface area (Å²) in [6, 6.07) is 5.22. The van der Waals surface area contributed by atoms with Gasteiger partial charge in [-0.15, -0.1) is 10.2 Å². The number of nitrogens with zero attached hydrogens (tertiary/aromatic N) is 2. The zero-order valence-corrected chi connectivity index (χ0v) is 14.3. The van der Waals surface area contributed by atoms with Crippen LogP contribution in [-0.4, -0.2) is 36.0 Å². The number of aldehydes is 1. The van der Waals surface area contributed by atoms with Crippen LogP contribution in [0.5, 0.6) is 11.5 Å². The second kappa shape index (κ2) is 8.57. The van der Waals surface area contributed by atoms with Gasteiger partial charge in [-0.25, -0.2) is 0 Å². The summed E-state index contributed by atoms with van der Waals surface area (Å²) in [5, 5.41) is 8.54. The van der Waals surface area contributed by atoms with Crippen LogP contribution >= 0.6 is 11.8 Å². The van der Waals surface area contributed by atoms with E-state index in [1.54, 1.807) is 25.3 Å². The van der Waals surface area contributed by atoms with Crippen molar-refractivity contribution in [2.45, 2.75) is 31.4 Å². The normalized spacial score (nSPS) is 10.8. The Balaban J connectivity index is 1.80. The maximum Gasteiger partial charge on any atom is 0.276 e. The number of hydrogen-bond donors (Lipinski definition) is 0. The van der Waals surface area contributed by atoms with Crippen molar-refractivity contribution < 1.29 is 18.7 Å². The lowest BCUT2D eigenvalue weighted by Crippen LogP contribution is -2.03. The zero-order valence-electron chi connectivity index (χ0n) is 13.4. The fraction of sp³-hybridized carbons (Fsp3) is 0.438. The van der Waals surface area contributed by atoms with E-state index in [0.717, 1.165) is 18.5 Å². The molecule has 23 heavy (non-hydrogen) atoms. The first-order valence-corrected chi connectivity index (χ1v) is 8.35. The summed E-state index contributed by atoms with van der Waals surface area (Å²) >= 11 is 1.49. The molecule has 1 heterocycles. The Morgan fingerprint density at radius 1 is 1.35 bits per heavy atom. The minimum atomic E-state index is 0.229. The van der Waals surface area contributed by atoms with Crippen molar-refractivity contribution in [1.29, 1.82) is 0 Å². The Bertz CT molecular complexity index is 643. The summed E-state index contributed by atoms with van der Waals surface area (Å²) < 4.78 is 16.4. The minimum absolute atomic E-state index is 0.229. The van der Waals surface area contributed by atoms with Gasteiger partial charge in [-0.1, -0.05) is 31.7 Å². The highest BCUT2D eigenvalue weighted by atomic mass is 32.2. The van der Waals surface area contributed by atoms with Crippen molar-refractivity contribution in [1.82, 2.24) is 10.2 Å². The van der Waals surface area contributed by atoms with Crippen LogP contribution in [0.15, 0.2) is 27.8 Å². The number of thioether (sulfide) groups is 1. The molecule has 0 atom stereocenters. The number of aromatic nitrogens is 2. The SMILES string of the molecule is COc1cccc(C=O)c1OCCCSc1nnc(C(C)C)o1. The van der Waals surface area contributed by atoms with E-state index in [0.29, 0.717) is 34.8 Å². The predicted molar refractivity (Wildman–Crippen MR) is 87.6 cm³/mol. The monoisotopic (exact) mass is 336 g/mol. The molecule has 0 spiro atoms. The highest BCUT2D eigenvalue weighted by Gasteiger charge is 2.11. The molecule has 7 heteroatoms. The lowest BCUT2D eigenvalue weighted by atomic mass is 10.2. The largest absolute Gasteiger partial charge is 0.493 e. The molecule has 0 bridgehead atoms. The molecule has 0 saturated carbocycles. The zero-order chi connectivity index (χ0) is 16.7. The van der Waals surface area contributed by atoms with Crippen LogP contribution in [-0.2, 0) is 0 Å². The molecule has 124 valence electrons. The molecule has 2 aromatic rings. The third-order valence-corrected chi connectivity index (χ3v) is 3.94. The van der Waals surface area contributed by atoms with Crippen molar-refractivity contribution in [2.24, 2.45) is 0 Å². The summed E-state index contributed by atoms with van der Waals surface area (Å²) in [6.45, 7) is 4.49. The van der Waals surface area contributed by atoms with E-state index in [4.69, 9.17) is 13.9 Å². The van der Waals surface area contributed by atoms with Gasteiger partial charge < -0.3 is 13.9 Å². The number of benzene rings is 1. The van der Waals surface area contributed by atoms with Crippen LogP contribution in [0.1, 0.15) is 42.4 Å². The van der Waals surface area contributed by atoms with Crippen LogP contribution in [0.25, 0.3) is 0 Å². The topological polar surface area (TPSA) is 74.5 Å². The van der Waals surface area contributed by atoms with E-state index in [1.165, 1.54) is 11.8 Å². The summed E-state index contributed by atoms with van der Waals surface area (Å²) in [4.78, 5) is 11.1. The first-order valence-electron chi connectivity index (χ1n) is 7.37. The molecular formula is C16H20N2O4S. The predicted octanol–water partition coefficient (Wildman–Crippen LogP) is 3.58. The van der Waals surface area contributed by atoms with Gasteiger partial charge in [0.05, 0.1) is 19.3 Å². The van der Waals surface area contributed by atoms with Gasteiger partial charge >= 0.3 is 0 Å². The molecule has 0 radical (unpaired) electrons. The molecule has 0 unspecified atom stereocenters. The maximum absolute atomic E-state index is 11.1. The number of rotatable bonds is 9. The summed E-state index contributed by atoms with van der Waals surface area (Å²) in [5.74, 6) is 2.70. The fourth-order valence-corrected chi connectivity index (χ4v) is 2.53. The number of methoxy groups -OCH3 is 1. The fourth-order valence-electron chi connectivity index (χ4n) is 1.85. The number of para-hydroxylation sites is 1. The third kappa shape index (κ3) is 4.72. The number of ether oxygens (including phenoxy) is 2. The van der Waals surface area contributed by atoms with Gasteiger partial charge in [-0.05, 0) is 18.6 Å². The van der Waals surface area contributed by atoms with Crippen LogP contribution in [0.4, 0.5) is 0 Å². The Kier molecular flexibility index (Phi) is 6.46. The van der Waals surface area contributed by atoms with Gasteiger partial charge in [0.25, 0.3) is 5.22 Å². The minimum Gasteiger partial charge on any atom is -0.493 e. The molecule has 0 aliphatic heterocycles. The molecule has 1 aromatic carbocycles. The van der Waals surface area contributed by atoms with Crippen LogP contribution < -0.4 is 9.47 Å². The molecule has 0 aliphatic rings. The second-order valence-electron chi connectivity index (χ2n) is 5.11. The quantitative estimate of drug-likeness (QED) is 0.393. The van der Waals surface area contributed by atoms with Crippen molar-refractivity contribution in [3.05, 3.63) is 29.7 Å². The molecule has 0 fully saturated rings. The molecule has 2 rings (SSSR count). The van der Waals surface area contributed by atoms with Crippen LogP contribution in [0, 0.1) is 0 Å². The highest BCUT2D eigenvalue weighted by Crippen LogP contribution is 2.30. The van der Waals surface area contributed by atoms with E-state index < -0.39 is 0 Å². The third-order valence-electron chi connectivity index (χ3n) is 3.03. The molecule has 0 aliphatic carbocycles. The average molecular weight is 336 g/mol. The van der Waals surface area contributed by atoms with Crippen LogP contribution in [0.3, 0.4) is 0 Å². The van der Waals surface area contributed by atoms with E-state index in [-0.39, 0.29) is 5.92 Å². The first kappa shape index (κ1) is 17.3. The summed E-state index contributed by atoms with van der Waals surface area (Å²) in [6.07, 6.45) is 1.54. The molecule has 0 amide bonds. The van der Waals surface area contributed by atoms with Crippen molar-refractivity contribution in [2.75, 3.05) is 19.5 Å². The molecule has 0 saturated heterocycles. The highest BCUT2D eigenvalue weighted by molar-refractivity contribution is 7.99. The average Bonchev–Trinajstić information content (AvgIpc) is 3.03. The Hall–Kier alpha value is -2.02. The smallest absolute Gasteiger partial charge is 0.276 e. The number of hydrogen-bond acceptors (Lipinski definition) is 7.